The highest BCUT2D eigenvalue weighted by Crippen LogP contribution is 2.14. The lowest BCUT2D eigenvalue weighted by molar-refractivity contribution is -0.144. The molecule has 5 nitrogen and oxygen atoms in total. The Morgan fingerprint density at radius 3 is 2.45 bits per heavy atom. The smallest absolute Gasteiger partial charge is 0.326 e. The third kappa shape index (κ3) is 4.53. The van der Waals surface area contributed by atoms with E-state index in [4.69, 9.17) is 9.84 Å². The lowest BCUT2D eigenvalue weighted by Crippen LogP contribution is -2.48. The molecule has 2 atom stereocenters. The number of benzene rings is 1. The molecule has 0 radical (unpaired) electrons. The normalized spacial score (nSPS) is 13.7. The van der Waals surface area contributed by atoms with Crippen molar-refractivity contribution in [2.45, 2.75) is 32.9 Å². The van der Waals surface area contributed by atoms with Crippen LogP contribution in [-0.2, 0) is 9.59 Å². The molecule has 0 fully saturated rings. The summed E-state index contributed by atoms with van der Waals surface area (Å²) in [5, 5.41) is 11.4. The fraction of sp³-hybridized carbons (Fsp3) is 0.429. The van der Waals surface area contributed by atoms with Crippen molar-refractivity contribution in [2.75, 3.05) is 0 Å². The number of nitrogens with one attached hydrogen (secondary N) is 1. The van der Waals surface area contributed by atoms with Crippen LogP contribution in [0.3, 0.4) is 0 Å². The Balaban J connectivity index is 2.65. The lowest BCUT2D eigenvalue weighted by Gasteiger charge is -2.21. The summed E-state index contributed by atoms with van der Waals surface area (Å²) in [4.78, 5) is 22.9. The number of hydrogen-bond donors (Lipinski definition) is 2. The van der Waals surface area contributed by atoms with E-state index < -0.39 is 29.8 Å². The van der Waals surface area contributed by atoms with E-state index in [0.29, 0.717) is 0 Å². The van der Waals surface area contributed by atoms with Gasteiger partial charge in [-0.2, -0.15) is 0 Å². The summed E-state index contributed by atoms with van der Waals surface area (Å²) in [6, 6.07) is 4.41. The molecule has 0 aromatic heterocycles. The van der Waals surface area contributed by atoms with Crippen LogP contribution in [-0.4, -0.2) is 29.1 Å². The molecule has 0 saturated heterocycles. The number of aliphatic carboxylic acids is 1. The first kappa shape index (κ1) is 15.9. The number of carboxylic acid groups (broad SMARTS) is 1. The molecule has 0 saturated carbocycles. The summed E-state index contributed by atoms with van der Waals surface area (Å²) in [5.41, 5.74) is 0. The topological polar surface area (TPSA) is 75.6 Å². The van der Waals surface area contributed by atoms with Crippen LogP contribution in [0.4, 0.5) is 4.39 Å². The van der Waals surface area contributed by atoms with Crippen molar-refractivity contribution in [2.24, 2.45) is 5.92 Å². The van der Waals surface area contributed by atoms with Crippen molar-refractivity contribution in [3.8, 4) is 5.75 Å². The average Bonchev–Trinajstić information content (AvgIpc) is 2.34. The van der Waals surface area contributed by atoms with Crippen molar-refractivity contribution >= 4 is 11.9 Å². The minimum Gasteiger partial charge on any atom is -0.481 e. The molecule has 2 N–H and O–H groups in total. The van der Waals surface area contributed by atoms with Gasteiger partial charge in [-0.1, -0.05) is 19.9 Å². The molecule has 0 aliphatic rings. The quantitative estimate of drug-likeness (QED) is 0.835. The number of hydrogen-bond acceptors (Lipinski definition) is 3. The van der Waals surface area contributed by atoms with Crippen LogP contribution < -0.4 is 10.1 Å². The van der Waals surface area contributed by atoms with E-state index in [1.54, 1.807) is 13.8 Å². The summed E-state index contributed by atoms with van der Waals surface area (Å²) in [5.74, 6) is -2.18. The molecule has 20 heavy (non-hydrogen) atoms. The molecular formula is C14H18FNO4. The molecule has 1 rings (SSSR count). The molecule has 0 aliphatic heterocycles. The zero-order valence-electron chi connectivity index (χ0n) is 11.6. The standard InChI is InChI=1S/C14H18FNO4/c1-8(2)12(14(18)19)16-13(17)9(3)20-11-6-4-5-10(15)7-11/h4-9,12H,1-3H3,(H,16,17)(H,18,19). The second-order valence-electron chi connectivity index (χ2n) is 4.79. The van der Waals surface area contributed by atoms with Gasteiger partial charge in [0.2, 0.25) is 0 Å². The van der Waals surface area contributed by atoms with Crippen LogP contribution in [0.2, 0.25) is 0 Å². The summed E-state index contributed by atoms with van der Waals surface area (Å²) >= 11 is 0. The Bertz CT molecular complexity index is 490. The van der Waals surface area contributed by atoms with Crippen LogP contribution in [0.25, 0.3) is 0 Å². The summed E-state index contributed by atoms with van der Waals surface area (Å²) in [7, 11) is 0. The molecule has 1 aromatic carbocycles. The second-order valence-corrected chi connectivity index (χ2v) is 4.79. The maximum atomic E-state index is 13.0. The van der Waals surface area contributed by atoms with Crippen molar-refractivity contribution in [1.29, 1.82) is 0 Å². The van der Waals surface area contributed by atoms with Crippen molar-refractivity contribution in [3.05, 3.63) is 30.1 Å². The zero-order chi connectivity index (χ0) is 15.3. The van der Waals surface area contributed by atoms with Gasteiger partial charge >= 0.3 is 5.97 Å². The molecule has 2 unspecified atom stereocenters. The first-order valence-corrected chi connectivity index (χ1v) is 6.26. The second kappa shape index (κ2) is 6.88. The maximum absolute atomic E-state index is 13.0. The Morgan fingerprint density at radius 2 is 1.95 bits per heavy atom. The number of ether oxygens (including phenoxy) is 1. The number of halogens is 1. The van der Waals surface area contributed by atoms with Gasteiger partial charge in [0.25, 0.3) is 5.91 Å². The molecule has 0 heterocycles. The SMILES string of the molecule is CC(Oc1cccc(F)c1)C(=O)NC(C(=O)O)C(C)C. The Kier molecular flexibility index (Phi) is 5.49. The Morgan fingerprint density at radius 1 is 1.30 bits per heavy atom. The lowest BCUT2D eigenvalue weighted by atomic mass is 10.0. The highest BCUT2D eigenvalue weighted by molar-refractivity contribution is 5.86. The van der Waals surface area contributed by atoms with Gasteiger partial charge in [0, 0.05) is 6.07 Å². The van der Waals surface area contributed by atoms with E-state index in [1.807, 2.05) is 0 Å². The molecule has 0 spiro atoms. The summed E-state index contributed by atoms with van der Waals surface area (Å²) in [6.45, 7) is 4.85. The van der Waals surface area contributed by atoms with Gasteiger partial charge in [-0.3, -0.25) is 4.79 Å². The zero-order valence-corrected chi connectivity index (χ0v) is 11.6. The Labute approximate surface area is 116 Å². The highest BCUT2D eigenvalue weighted by Gasteiger charge is 2.26. The van der Waals surface area contributed by atoms with E-state index in [9.17, 15) is 14.0 Å². The van der Waals surface area contributed by atoms with E-state index in [0.717, 1.165) is 6.07 Å². The number of carboxylic acids is 1. The van der Waals surface area contributed by atoms with Gasteiger partial charge in [0.15, 0.2) is 6.10 Å². The third-order valence-electron chi connectivity index (χ3n) is 2.71. The van der Waals surface area contributed by atoms with E-state index >= 15 is 0 Å². The number of rotatable bonds is 6. The predicted octanol–water partition coefficient (Wildman–Crippen LogP) is 1.82. The number of carbonyl (C=O) groups is 2. The molecular weight excluding hydrogens is 265 g/mol. The van der Waals surface area contributed by atoms with E-state index in [-0.39, 0.29) is 11.7 Å². The first-order chi connectivity index (χ1) is 9.31. The third-order valence-corrected chi connectivity index (χ3v) is 2.71. The number of carbonyl (C=O) groups excluding carboxylic acids is 1. The maximum Gasteiger partial charge on any atom is 0.326 e. The van der Waals surface area contributed by atoms with Gasteiger partial charge < -0.3 is 15.2 Å². The summed E-state index contributed by atoms with van der Waals surface area (Å²) < 4.78 is 18.3. The molecule has 0 bridgehead atoms. The predicted molar refractivity (Wildman–Crippen MR) is 70.9 cm³/mol. The van der Waals surface area contributed by atoms with Crippen molar-refractivity contribution < 1.29 is 23.8 Å². The van der Waals surface area contributed by atoms with Gasteiger partial charge in [-0.25, -0.2) is 9.18 Å². The van der Waals surface area contributed by atoms with E-state index in [1.165, 1.54) is 25.1 Å². The minimum atomic E-state index is -1.11. The largest absolute Gasteiger partial charge is 0.481 e. The average molecular weight is 283 g/mol. The van der Waals surface area contributed by atoms with Gasteiger partial charge in [-0.05, 0) is 25.0 Å². The van der Waals surface area contributed by atoms with Crippen molar-refractivity contribution in [3.63, 3.8) is 0 Å². The Hall–Kier alpha value is -2.11. The number of amides is 1. The monoisotopic (exact) mass is 283 g/mol. The fourth-order valence-corrected chi connectivity index (χ4v) is 1.58. The molecule has 6 heteroatoms. The van der Waals surface area contributed by atoms with E-state index in [2.05, 4.69) is 5.32 Å². The fourth-order valence-electron chi connectivity index (χ4n) is 1.58. The van der Waals surface area contributed by atoms with Gasteiger partial charge in [0.05, 0.1) is 0 Å². The highest BCUT2D eigenvalue weighted by atomic mass is 19.1. The molecule has 1 aromatic rings. The van der Waals surface area contributed by atoms with Crippen LogP contribution >= 0.6 is 0 Å². The molecule has 110 valence electrons. The van der Waals surface area contributed by atoms with Gasteiger partial charge in [-0.15, -0.1) is 0 Å². The van der Waals surface area contributed by atoms with Crippen LogP contribution in [0.5, 0.6) is 5.75 Å². The van der Waals surface area contributed by atoms with Crippen LogP contribution in [0.1, 0.15) is 20.8 Å². The van der Waals surface area contributed by atoms with Gasteiger partial charge in [0.1, 0.15) is 17.6 Å². The first-order valence-electron chi connectivity index (χ1n) is 6.26. The molecule has 0 aliphatic carbocycles. The summed E-state index contributed by atoms with van der Waals surface area (Å²) in [6.07, 6.45) is -0.919. The van der Waals surface area contributed by atoms with Crippen LogP contribution in [0, 0.1) is 11.7 Å². The molecule has 1 amide bonds. The van der Waals surface area contributed by atoms with Crippen LogP contribution in [0.15, 0.2) is 24.3 Å². The minimum absolute atomic E-state index is 0.212. The van der Waals surface area contributed by atoms with Crippen molar-refractivity contribution in [1.82, 2.24) is 5.32 Å².